The van der Waals surface area contributed by atoms with Crippen molar-refractivity contribution < 1.29 is 9.21 Å². The molecule has 0 aliphatic rings. The van der Waals surface area contributed by atoms with E-state index in [1.54, 1.807) is 4.68 Å². The summed E-state index contributed by atoms with van der Waals surface area (Å²) in [5.74, 6) is 0.236. The fourth-order valence-electron chi connectivity index (χ4n) is 2.74. The molecule has 0 atom stereocenters. The van der Waals surface area contributed by atoms with Gasteiger partial charge in [-0.15, -0.1) is 0 Å². The molecule has 2 aromatic heterocycles. The molecular weight excluding hydrogens is 290 g/mol. The standard InChI is InChI=1S/C18H21N3O2/c1-11-5-6-15-13(3)17(23-16(15)12(11)2)18(22)19-8-7-14-9-20-21(4)10-14/h5-6,9-10H,7-8H2,1-4H3,(H,19,22). The Morgan fingerprint density at radius 3 is 2.74 bits per heavy atom. The SMILES string of the molecule is Cc1ccc2c(C)c(C(=O)NCCc3cnn(C)c3)oc2c1C. The molecule has 1 amide bonds. The maximum absolute atomic E-state index is 12.4. The van der Waals surface area contributed by atoms with Crippen LogP contribution in [0.4, 0.5) is 0 Å². The number of benzene rings is 1. The molecule has 5 nitrogen and oxygen atoms in total. The fraction of sp³-hybridized carbons (Fsp3) is 0.333. The van der Waals surface area contributed by atoms with Gasteiger partial charge >= 0.3 is 0 Å². The third-order valence-electron chi connectivity index (χ3n) is 4.29. The number of carbonyl (C=O) groups excluding carboxylic acids is 1. The molecule has 3 rings (SSSR count). The van der Waals surface area contributed by atoms with E-state index in [0.717, 1.165) is 39.6 Å². The van der Waals surface area contributed by atoms with Gasteiger partial charge in [0.1, 0.15) is 5.58 Å². The summed E-state index contributed by atoms with van der Waals surface area (Å²) in [6.45, 7) is 6.54. The largest absolute Gasteiger partial charge is 0.450 e. The van der Waals surface area contributed by atoms with Gasteiger partial charge in [0.15, 0.2) is 5.76 Å². The van der Waals surface area contributed by atoms with E-state index in [4.69, 9.17) is 4.42 Å². The van der Waals surface area contributed by atoms with Crippen LogP contribution < -0.4 is 5.32 Å². The minimum atomic E-state index is -0.167. The molecule has 3 aromatic rings. The third-order valence-corrected chi connectivity index (χ3v) is 4.29. The highest BCUT2D eigenvalue weighted by Crippen LogP contribution is 2.29. The monoisotopic (exact) mass is 311 g/mol. The van der Waals surface area contributed by atoms with Gasteiger partial charge in [0.05, 0.1) is 6.20 Å². The highest BCUT2D eigenvalue weighted by atomic mass is 16.3. The topological polar surface area (TPSA) is 60.1 Å². The molecule has 0 bridgehead atoms. The van der Waals surface area contributed by atoms with Crippen molar-refractivity contribution in [1.82, 2.24) is 15.1 Å². The number of carbonyl (C=O) groups is 1. The molecule has 23 heavy (non-hydrogen) atoms. The van der Waals surface area contributed by atoms with Gasteiger partial charge in [0.25, 0.3) is 5.91 Å². The first-order valence-corrected chi connectivity index (χ1v) is 7.72. The third kappa shape index (κ3) is 2.86. The van der Waals surface area contributed by atoms with Crippen LogP contribution in [0.15, 0.2) is 28.9 Å². The van der Waals surface area contributed by atoms with Gasteiger partial charge in [-0.25, -0.2) is 0 Å². The molecule has 1 N–H and O–H groups in total. The molecule has 120 valence electrons. The summed E-state index contributed by atoms with van der Waals surface area (Å²) in [5, 5.41) is 8.05. The number of aryl methyl sites for hydroxylation is 4. The Kier molecular flexibility index (Phi) is 3.94. The number of fused-ring (bicyclic) bond motifs is 1. The van der Waals surface area contributed by atoms with Crippen molar-refractivity contribution in [2.24, 2.45) is 7.05 Å². The van der Waals surface area contributed by atoms with Crippen LogP contribution in [0.2, 0.25) is 0 Å². The van der Waals surface area contributed by atoms with Crippen LogP contribution in [0.25, 0.3) is 11.0 Å². The van der Waals surface area contributed by atoms with E-state index in [1.165, 1.54) is 0 Å². The minimum Gasteiger partial charge on any atom is -0.450 e. The maximum atomic E-state index is 12.4. The second kappa shape index (κ2) is 5.91. The zero-order chi connectivity index (χ0) is 16.6. The second-order valence-electron chi connectivity index (χ2n) is 5.97. The Bertz CT molecular complexity index is 874. The average Bonchev–Trinajstić information content (AvgIpc) is 3.07. The summed E-state index contributed by atoms with van der Waals surface area (Å²) in [7, 11) is 1.88. The molecule has 5 heteroatoms. The van der Waals surface area contributed by atoms with Crippen LogP contribution in [0.5, 0.6) is 0 Å². The van der Waals surface area contributed by atoms with Crippen LogP contribution in [0.1, 0.15) is 32.8 Å². The zero-order valence-corrected chi connectivity index (χ0v) is 13.9. The zero-order valence-electron chi connectivity index (χ0n) is 13.9. The smallest absolute Gasteiger partial charge is 0.287 e. The van der Waals surface area contributed by atoms with Crippen LogP contribution in [-0.4, -0.2) is 22.2 Å². The van der Waals surface area contributed by atoms with E-state index in [-0.39, 0.29) is 5.91 Å². The van der Waals surface area contributed by atoms with Gasteiger partial charge < -0.3 is 9.73 Å². The Balaban J connectivity index is 1.75. The Morgan fingerprint density at radius 1 is 1.26 bits per heavy atom. The maximum Gasteiger partial charge on any atom is 0.287 e. The molecule has 2 heterocycles. The van der Waals surface area contributed by atoms with Crippen LogP contribution in [0.3, 0.4) is 0 Å². The Labute approximate surface area is 135 Å². The quantitative estimate of drug-likeness (QED) is 0.805. The van der Waals surface area contributed by atoms with Crippen LogP contribution in [0, 0.1) is 20.8 Å². The molecule has 0 aliphatic heterocycles. The Morgan fingerprint density at radius 2 is 2.04 bits per heavy atom. The first-order chi connectivity index (χ1) is 11.0. The van der Waals surface area contributed by atoms with E-state index in [9.17, 15) is 4.79 Å². The number of nitrogens with zero attached hydrogens (tertiary/aromatic N) is 2. The van der Waals surface area contributed by atoms with Crippen molar-refractivity contribution in [3.63, 3.8) is 0 Å². The van der Waals surface area contributed by atoms with Crippen molar-refractivity contribution in [2.75, 3.05) is 6.54 Å². The number of rotatable bonds is 4. The molecule has 1 aromatic carbocycles. The number of hydrogen-bond acceptors (Lipinski definition) is 3. The molecule has 0 radical (unpaired) electrons. The van der Waals surface area contributed by atoms with Gasteiger partial charge in [-0.05, 0) is 43.9 Å². The predicted octanol–water partition coefficient (Wildman–Crippen LogP) is 3.06. The molecule has 0 fully saturated rings. The van der Waals surface area contributed by atoms with Crippen LogP contribution in [-0.2, 0) is 13.5 Å². The van der Waals surface area contributed by atoms with Gasteiger partial charge in [-0.1, -0.05) is 12.1 Å². The van der Waals surface area contributed by atoms with E-state index in [1.807, 2.05) is 46.3 Å². The lowest BCUT2D eigenvalue weighted by Gasteiger charge is -2.02. The van der Waals surface area contributed by atoms with Gasteiger partial charge in [0, 0.05) is 30.7 Å². The van der Waals surface area contributed by atoms with Gasteiger partial charge in [0.2, 0.25) is 0 Å². The fourth-order valence-corrected chi connectivity index (χ4v) is 2.74. The number of amides is 1. The summed E-state index contributed by atoms with van der Waals surface area (Å²) in [6, 6.07) is 4.08. The lowest BCUT2D eigenvalue weighted by Crippen LogP contribution is -2.25. The molecule has 0 spiro atoms. The van der Waals surface area contributed by atoms with Gasteiger partial charge in [-0.2, -0.15) is 5.10 Å². The minimum absolute atomic E-state index is 0.167. The normalized spacial score (nSPS) is 11.1. The van der Waals surface area contributed by atoms with Crippen molar-refractivity contribution >= 4 is 16.9 Å². The van der Waals surface area contributed by atoms with Gasteiger partial charge in [-0.3, -0.25) is 9.48 Å². The Hall–Kier alpha value is -2.56. The highest BCUT2D eigenvalue weighted by Gasteiger charge is 2.18. The van der Waals surface area contributed by atoms with E-state index in [2.05, 4.69) is 16.5 Å². The van der Waals surface area contributed by atoms with E-state index in [0.29, 0.717) is 12.3 Å². The van der Waals surface area contributed by atoms with Crippen molar-refractivity contribution in [3.05, 3.63) is 52.5 Å². The number of nitrogens with one attached hydrogen (secondary N) is 1. The van der Waals surface area contributed by atoms with Crippen molar-refractivity contribution in [3.8, 4) is 0 Å². The summed E-state index contributed by atoms with van der Waals surface area (Å²) < 4.78 is 7.61. The summed E-state index contributed by atoms with van der Waals surface area (Å²) in [4.78, 5) is 12.4. The predicted molar refractivity (Wildman–Crippen MR) is 89.7 cm³/mol. The second-order valence-corrected chi connectivity index (χ2v) is 5.97. The summed E-state index contributed by atoms with van der Waals surface area (Å²) in [5.41, 5.74) is 5.04. The number of furan rings is 1. The summed E-state index contributed by atoms with van der Waals surface area (Å²) >= 11 is 0. The van der Waals surface area contributed by atoms with E-state index < -0.39 is 0 Å². The number of aromatic nitrogens is 2. The van der Waals surface area contributed by atoms with Crippen molar-refractivity contribution in [1.29, 1.82) is 0 Å². The summed E-state index contributed by atoms with van der Waals surface area (Å²) in [6.07, 6.45) is 4.51. The lowest BCUT2D eigenvalue weighted by molar-refractivity contribution is 0.0927. The van der Waals surface area contributed by atoms with E-state index >= 15 is 0 Å². The average molecular weight is 311 g/mol. The molecule has 0 saturated carbocycles. The molecule has 0 saturated heterocycles. The highest BCUT2D eigenvalue weighted by molar-refractivity contribution is 5.99. The first kappa shape index (κ1) is 15.3. The molecular formula is C18H21N3O2. The van der Waals surface area contributed by atoms with Crippen molar-refractivity contribution in [2.45, 2.75) is 27.2 Å². The number of hydrogen-bond donors (Lipinski definition) is 1. The van der Waals surface area contributed by atoms with Crippen LogP contribution >= 0.6 is 0 Å². The molecule has 0 aliphatic carbocycles. The first-order valence-electron chi connectivity index (χ1n) is 7.72. The lowest BCUT2D eigenvalue weighted by atomic mass is 10.0. The molecule has 0 unspecified atom stereocenters.